The van der Waals surface area contributed by atoms with Crippen molar-refractivity contribution in [2.24, 2.45) is 11.7 Å². The van der Waals surface area contributed by atoms with Gasteiger partial charge >= 0.3 is 0 Å². The molecule has 2 atom stereocenters. The summed E-state index contributed by atoms with van der Waals surface area (Å²) in [5.41, 5.74) is 6.31. The number of benzene rings is 1. The Balaban J connectivity index is 2.84. The van der Waals surface area contributed by atoms with E-state index in [-0.39, 0.29) is 11.8 Å². The Bertz CT molecular complexity index is 590. The van der Waals surface area contributed by atoms with Crippen LogP contribution in [-0.2, 0) is 20.8 Å². The maximum absolute atomic E-state index is 12.4. The van der Waals surface area contributed by atoms with Gasteiger partial charge in [-0.3, -0.25) is 14.4 Å². The molecule has 0 aromatic heterocycles. The lowest BCUT2D eigenvalue weighted by Crippen LogP contribution is -2.55. The van der Waals surface area contributed by atoms with Crippen LogP contribution in [-0.4, -0.2) is 29.8 Å². The van der Waals surface area contributed by atoms with Crippen molar-refractivity contribution in [3.8, 4) is 0 Å². The van der Waals surface area contributed by atoms with Gasteiger partial charge in [-0.1, -0.05) is 26.0 Å². The minimum Gasteiger partial charge on any atom is -0.368 e. The van der Waals surface area contributed by atoms with Gasteiger partial charge in [0.15, 0.2) is 0 Å². The monoisotopic (exact) mass is 431 g/mol. The molecule has 1 rings (SSSR count). The van der Waals surface area contributed by atoms with Crippen molar-refractivity contribution in [1.29, 1.82) is 0 Å². The lowest BCUT2D eigenvalue weighted by atomic mass is 10.0. The van der Waals surface area contributed by atoms with Crippen LogP contribution in [0.1, 0.15) is 26.3 Å². The highest BCUT2D eigenvalue weighted by molar-refractivity contribution is 14.1. The summed E-state index contributed by atoms with van der Waals surface area (Å²) in [4.78, 5) is 35.2. The lowest BCUT2D eigenvalue weighted by Gasteiger charge is -2.24. The molecule has 6 nitrogen and oxygen atoms in total. The zero-order valence-electron chi connectivity index (χ0n) is 13.4. The fourth-order valence-electron chi connectivity index (χ4n) is 2.14. The summed E-state index contributed by atoms with van der Waals surface area (Å²) in [6, 6.07) is 6.09. The Labute approximate surface area is 149 Å². The van der Waals surface area contributed by atoms with Crippen molar-refractivity contribution in [2.75, 3.05) is 0 Å². The molecule has 3 amide bonds. The van der Waals surface area contributed by atoms with Gasteiger partial charge in [-0.25, -0.2) is 0 Å². The summed E-state index contributed by atoms with van der Waals surface area (Å²) in [6.45, 7) is 4.98. The van der Waals surface area contributed by atoms with Crippen molar-refractivity contribution < 1.29 is 14.4 Å². The first-order valence-electron chi connectivity index (χ1n) is 7.32. The Kier molecular flexibility index (Phi) is 7.47. The number of primary amides is 1. The van der Waals surface area contributed by atoms with Crippen molar-refractivity contribution >= 4 is 40.3 Å². The normalized spacial score (nSPS) is 13.3. The Hall–Kier alpha value is -1.64. The number of amides is 3. The van der Waals surface area contributed by atoms with E-state index >= 15 is 0 Å². The Morgan fingerprint density at radius 3 is 2.35 bits per heavy atom. The number of halogens is 1. The standard InChI is InChI=1S/C16H22IN3O3/c1-9(2)14(19-10(3)21)16(23)20-13(15(18)22)8-11-5-4-6-12(17)7-11/h4-7,9,13-14H,8H2,1-3H3,(H2,18,22)(H,19,21)(H,20,23)/t13-,14+/m0/s1. The fraction of sp³-hybridized carbons (Fsp3) is 0.438. The van der Waals surface area contributed by atoms with Gasteiger partial charge in [0.05, 0.1) is 0 Å². The second-order valence-electron chi connectivity index (χ2n) is 5.72. The molecule has 0 saturated carbocycles. The molecule has 0 unspecified atom stereocenters. The average molecular weight is 431 g/mol. The van der Waals surface area contributed by atoms with E-state index in [0.29, 0.717) is 6.42 Å². The van der Waals surface area contributed by atoms with E-state index in [1.807, 2.05) is 38.1 Å². The van der Waals surface area contributed by atoms with Crippen molar-refractivity contribution in [3.63, 3.8) is 0 Å². The van der Waals surface area contributed by atoms with Gasteiger partial charge in [0.25, 0.3) is 0 Å². The number of hydrogen-bond acceptors (Lipinski definition) is 3. The highest BCUT2D eigenvalue weighted by atomic mass is 127. The van der Waals surface area contributed by atoms with E-state index in [0.717, 1.165) is 9.13 Å². The minimum absolute atomic E-state index is 0.106. The molecule has 1 aromatic carbocycles. The molecule has 23 heavy (non-hydrogen) atoms. The highest BCUT2D eigenvalue weighted by Gasteiger charge is 2.27. The van der Waals surface area contributed by atoms with E-state index in [1.165, 1.54) is 6.92 Å². The van der Waals surface area contributed by atoms with E-state index < -0.39 is 23.9 Å². The van der Waals surface area contributed by atoms with Crippen LogP contribution in [0.2, 0.25) is 0 Å². The summed E-state index contributed by atoms with van der Waals surface area (Å²) in [7, 11) is 0. The van der Waals surface area contributed by atoms with Crippen molar-refractivity contribution in [3.05, 3.63) is 33.4 Å². The Morgan fingerprint density at radius 2 is 1.87 bits per heavy atom. The molecule has 0 heterocycles. The van der Waals surface area contributed by atoms with Crippen molar-refractivity contribution in [1.82, 2.24) is 10.6 Å². The fourth-order valence-corrected chi connectivity index (χ4v) is 2.75. The molecule has 0 fully saturated rings. The quantitative estimate of drug-likeness (QED) is 0.561. The third-order valence-electron chi connectivity index (χ3n) is 3.30. The van der Waals surface area contributed by atoms with Gasteiger partial charge in [-0.2, -0.15) is 0 Å². The molecule has 0 spiro atoms. The van der Waals surface area contributed by atoms with Crippen LogP contribution in [0.4, 0.5) is 0 Å². The Morgan fingerprint density at radius 1 is 1.22 bits per heavy atom. The number of nitrogens with one attached hydrogen (secondary N) is 2. The van der Waals surface area contributed by atoms with Crippen molar-refractivity contribution in [2.45, 2.75) is 39.3 Å². The predicted octanol–water partition coefficient (Wildman–Crippen LogP) is 0.965. The number of carbonyl (C=O) groups excluding carboxylic acids is 3. The maximum Gasteiger partial charge on any atom is 0.243 e. The molecule has 0 saturated heterocycles. The topological polar surface area (TPSA) is 101 Å². The highest BCUT2D eigenvalue weighted by Crippen LogP contribution is 2.10. The average Bonchev–Trinajstić information content (AvgIpc) is 2.43. The third kappa shape index (κ3) is 6.55. The molecular weight excluding hydrogens is 409 g/mol. The second-order valence-corrected chi connectivity index (χ2v) is 6.97. The molecule has 126 valence electrons. The SMILES string of the molecule is CC(=O)N[C@@H](C(=O)N[C@@H](Cc1cccc(I)c1)C(N)=O)C(C)C. The lowest BCUT2D eigenvalue weighted by molar-refractivity contribution is -0.131. The third-order valence-corrected chi connectivity index (χ3v) is 3.97. The van der Waals surface area contributed by atoms with Gasteiger partial charge in [-0.05, 0) is 46.2 Å². The van der Waals surface area contributed by atoms with Gasteiger partial charge in [-0.15, -0.1) is 0 Å². The summed E-state index contributed by atoms with van der Waals surface area (Å²) in [6.07, 6.45) is 0.308. The molecule has 0 bridgehead atoms. The molecule has 0 aliphatic rings. The largest absolute Gasteiger partial charge is 0.368 e. The van der Waals surface area contributed by atoms with Crippen LogP contribution in [0, 0.1) is 9.49 Å². The molecule has 7 heteroatoms. The van der Waals surface area contributed by atoms with Crippen LogP contribution in [0.3, 0.4) is 0 Å². The number of nitrogens with two attached hydrogens (primary N) is 1. The summed E-state index contributed by atoms with van der Waals surface area (Å²) in [5.74, 6) is -1.43. The summed E-state index contributed by atoms with van der Waals surface area (Å²) in [5, 5.41) is 5.23. The zero-order chi connectivity index (χ0) is 17.6. The first-order valence-corrected chi connectivity index (χ1v) is 8.39. The van der Waals surface area contributed by atoms with Crippen LogP contribution < -0.4 is 16.4 Å². The van der Waals surface area contributed by atoms with Gasteiger partial charge in [0.2, 0.25) is 17.7 Å². The minimum atomic E-state index is -0.823. The van der Waals surface area contributed by atoms with Crippen LogP contribution in [0.5, 0.6) is 0 Å². The van der Waals surface area contributed by atoms with E-state index in [4.69, 9.17) is 5.73 Å². The number of rotatable bonds is 7. The maximum atomic E-state index is 12.4. The van der Waals surface area contributed by atoms with Crippen LogP contribution in [0.15, 0.2) is 24.3 Å². The van der Waals surface area contributed by atoms with Gasteiger partial charge in [0.1, 0.15) is 12.1 Å². The second kappa shape index (κ2) is 8.85. The first kappa shape index (κ1) is 19.4. The van der Waals surface area contributed by atoms with E-state index in [1.54, 1.807) is 0 Å². The predicted molar refractivity (Wildman–Crippen MR) is 96.4 cm³/mol. The first-order chi connectivity index (χ1) is 10.7. The van der Waals surface area contributed by atoms with Crippen LogP contribution >= 0.6 is 22.6 Å². The molecule has 0 aliphatic carbocycles. The number of carbonyl (C=O) groups is 3. The molecule has 0 aliphatic heterocycles. The number of hydrogen-bond donors (Lipinski definition) is 3. The molecule has 4 N–H and O–H groups in total. The van der Waals surface area contributed by atoms with Gasteiger partial charge in [0, 0.05) is 16.9 Å². The van der Waals surface area contributed by atoms with E-state index in [9.17, 15) is 14.4 Å². The van der Waals surface area contributed by atoms with Gasteiger partial charge < -0.3 is 16.4 Å². The summed E-state index contributed by atoms with van der Waals surface area (Å²) < 4.78 is 1.04. The molecular formula is C16H22IN3O3. The van der Waals surface area contributed by atoms with E-state index in [2.05, 4.69) is 33.2 Å². The van der Waals surface area contributed by atoms with Crippen LogP contribution in [0.25, 0.3) is 0 Å². The zero-order valence-corrected chi connectivity index (χ0v) is 15.6. The smallest absolute Gasteiger partial charge is 0.243 e. The molecule has 0 radical (unpaired) electrons. The molecule has 1 aromatic rings. The summed E-state index contributed by atoms with van der Waals surface area (Å²) >= 11 is 2.18.